The van der Waals surface area contributed by atoms with Crippen molar-refractivity contribution in [3.63, 3.8) is 0 Å². The fourth-order valence-electron chi connectivity index (χ4n) is 3.66. The number of rotatable bonds is 8. The topological polar surface area (TPSA) is 135 Å². The summed E-state index contributed by atoms with van der Waals surface area (Å²) in [6, 6.07) is 6.50. The number of carboxylic acid groups (broad SMARTS) is 1. The number of aryl methyl sites for hydroxylation is 1. The molecule has 0 bridgehead atoms. The van der Waals surface area contributed by atoms with Crippen molar-refractivity contribution in [3.05, 3.63) is 48.4 Å². The van der Waals surface area contributed by atoms with Crippen LogP contribution in [0.1, 0.15) is 32.0 Å². The molecule has 11 nitrogen and oxygen atoms in total. The Morgan fingerprint density at radius 3 is 2.73 bits per heavy atom. The molecule has 172 valence electrons. The van der Waals surface area contributed by atoms with Gasteiger partial charge in [-0.3, -0.25) is 9.08 Å². The van der Waals surface area contributed by atoms with Crippen LogP contribution < -0.4 is 10.6 Å². The molecule has 0 saturated carbocycles. The highest BCUT2D eigenvalue weighted by Crippen LogP contribution is 2.27. The molecule has 33 heavy (non-hydrogen) atoms. The molecule has 4 aromatic heterocycles. The molecule has 1 atom stereocenters. The number of aromatic nitrogens is 7. The van der Waals surface area contributed by atoms with Crippen molar-refractivity contribution in [1.82, 2.24) is 39.7 Å². The Hall–Kier alpha value is -4.09. The molecule has 0 aliphatic heterocycles. The fraction of sp³-hybridized carbons (Fsp3) is 0.333. The molecule has 0 fully saturated rings. The van der Waals surface area contributed by atoms with Crippen molar-refractivity contribution in [3.8, 4) is 11.3 Å². The molecule has 0 radical (unpaired) electrons. The molecule has 3 N–H and O–H groups in total. The fourth-order valence-corrected chi connectivity index (χ4v) is 3.66. The maximum atomic E-state index is 15.3. The Morgan fingerprint density at radius 2 is 2.03 bits per heavy atom. The summed E-state index contributed by atoms with van der Waals surface area (Å²) in [4.78, 5) is 19.7. The van der Waals surface area contributed by atoms with Crippen LogP contribution in [0.15, 0.2) is 36.7 Å². The number of hydrogen-bond donors (Lipinski definition) is 3. The second-order valence-corrected chi connectivity index (χ2v) is 8.06. The minimum atomic E-state index is -1.14. The molecule has 4 aromatic rings. The first-order valence-electron chi connectivity index (χ1n) is 10.4. The standard InChI is InChI=1S/C21H24FN9O2/c1-12(2)8-14(11-24-21(32)33)19-29-28-18-10-13(9-16(22)31(18)19)15-4-6-23-20(26-15)27-17-5-7-25-30(17)3/h4-7,9-10,12,14,24H,8,11H2,1-3H3,(H,32,33)(H,23,26,27). The van der Waals surface area contributed by atoms with Gasteiger partial charge in [0.25, 0.3) is 0 Å². The third-order valence-electron chi connectivity index (χ3n) is 5.12. The first kappa shape index (κ1) is 22.1. The van der Waals surface area contributed by atoms with Gasteiger partial charge in [-0.25, -0.2) is 14.8 Å². The predicted octanol–water partition coefficient (Wildman–Crippen LogP) is 3.20. The van der Waals surface area contributed by atoms with Crippen LogP contribution in [0.2, 0.25) is 0 Å². The molecule has 12 heteroatoms. The second kappa shape index (κ2) is 9.18. The van der Waals surface area contributed by atoms with E-state index in [2.05, 4.69) is 35.9 Å². The van der Waals surface area contributed by atoms with E-state index < -0.39 is 12.0 Å². The third-order valence-corrected chi connectivity index (χ3v) is 5.12. The van der Waals surface area contributed by atoms with Crippen LogP contribution in [0.25, 0.3) is 16.9 Å². The molecule has 0 saturated heterocycles. The minimum absolute atomic E-state index is 0.116. The molecular weight excluding hydrogens is 429 g/mol. The van der Waals surface area contributed by atoms with Crippen molar-refractivity contribution < 1.29 is 14.3 Å². The van der Waals surface area contributed by atoms with Crippen LogP contribution >= 0.6 is 0 Å². The molecular formula is C21H24FN9O2. The van der Waals surface area contributed by atoms with Gasteiger partial charge in [-0.1, -0.05) is 13.8 Å². The van der Waals surface area contributed by atoms with E-state index in [4.69, 9.17) is 5.11 Å². The minimum Gasteiger partial charge on any atom is -0.465 e. The number of halogens is 1. The number of nitrogens with one attached hydrogen (secondary N) is 2. The second-order valence-electron chi connectivity index (χ2n) is 8.06. The van der Waals surface area contributed by atoms with E-state index in [1.165, 1.54) is 10.5 Å². The Labute approximate surface area is 188 Å². The zero-order valence-corrected chi connectivity index (χ0v) is 18.4. The van der Waals surface area contributed by atoms with Crippen LogP contribution in [-0.2, 0) is 7.05 Å². The van der Waals surface area contributed by atoms with Crippen LogP contribution in [0.5, 0.6) is 0 Å². The number of fused-ring (bicyclic) bond motifs is 1. The van der Waals surface area contributed by atoms with Crippen LogP contribution in [0.4, 0.5) is 21.0 Å². The van der Waals surface area contributed by atoms with Gasteiger partial charge < -0.3 is 15.7 Å². The van der Waals surface area contributed by atoms with Crippen molar-refractivity contribution in [2.24, 2.45) is 13.0 Å². The lowest BCUT2D eigenvalue weighted by Crippen LogP contribution is -2.28. The molecule has 0 aliphatic carbocycles. The van der Waals surface area contributed by atoms with Crippen LogP contribution in [-0.4, -0.2) is 52.1 Å². The zero-order valence-electron chi connectivity index (χ0n) is 18.4. The van der Waals surface area contributed by atoms with Crippen LogP contribution in [0.3, 0.4) is 0 Å². The number of amides is 1. The van der Waals surface area contributed by atoms with E-state index in [0.717, 1.165) is 0 Å². The number of nitrogens with zero attached hydrogens (tertiary/aromatic N) is 7. The van der Waals surface area contributed by atoms with Gasteiger partial charge >= 0.3 is 6.09 Å². The van der Waals surface area contributed by atoms with Gasteiger partial charge in [0.2, 0.25) is 11.9 Å². The van der Waals surface area contributed by atoms with Gasteiger partial charge in [0, 0.05) is 43.4 Å². The average Bonchev–Trinajstić information content (AvgIpc) is 3.37. The smallest absolute Gasteiger partial charge is 0.404 e. The average molecular weight is 453 g/mol. The summed E-state index contributed by atoms with van der Waals surface area (Å²) in [5.41, 5.74) is 1.33. The summed E-state index contributed by atoms with van der Waals surface area (Å²) in [5, 5.41) is 26.9. The Kier molecular flexibility index (Phi) is 6.16. The lowest BCUT2D eigenvalue weighted by Gasteiger charge is -2.17. The van der Waals surface area contributed by atoms with E-state index in [9.17, 15) is 4.79 Å². The maximum Gasteiger partial charge on any atom is 0.404 e. The number of carbonyl (C=O) groups is 1. The monoisotopic (exact) mass is 453 g/mol. The van der Waals surface area contributed by atoms with Gasteiger partial charge in [-0.15, -0.1) is 10.2 Å². The largest absolute Gasteiger partial charge is 0.465 e. The van der Waals surface area contributed by atoms with Crippen molar-refractivity contribution in [2.75, 3.05) is 11.9 Å². The first-order valence-corrected chi connectivity index (χ1v) is 10.4. The van der Waals surface area contributed by atoms with Crippen molar-refractivity contribution in [2.45, 2.75) is 26.2 Å². The van der Waals surface area contributed by atoms with Crippen LogP contribution in [0, 0.1) is 11.9 Å². The SMILES string of the molecule is CC(C)CC(CNC(=O)O)c1nnc2cc(-c3ccnc(Nc4ccnn4C)n3)cc(F)n12. The van der Waals surface area contributed by atoms with E-state index in [-0.39, 0.29) is 18.4 Å². The predicted molar refractivity (Wildman–Crippen MR) is 119 cm³/mol. The third kappa shape index (κ3) is 4.89. The summed E-state index contributed by atoms with van der Waals surface area (Å²) >= 11 is 0. The molecule has 0 spiro atoms. The first-order chi connectivity index (χ1) is 15.8. The van der Waals surface area contributed by atoms with E-state index in [1.54, 1.807) is 42.3 Å². The molecule has 1 unspecified atom stereocenters. The number of pyridine rings is 1. The highest BCUT2D eigenvalue weighted by Gasteiger charge is 2.23. The van der Waals surface area contributed by atoms with Crippen molar-refractivity contribution >= 4 is 23.5 Å². The summed E-state index contributed by atoms with van der Waals surface area (Å²) in [6.45, 7) is 4.14. The highest BCUT2D eigenvalue weighted by atomic mass is 19.1. The number of hydrogen-bond acceptors (Lipinski definition) is 7. The van der Waals surface area contributed by atoms with Crippen molar-refractivity contribution in [1.29, 1.82) is 0 Å². The van der Waals surface area contributed by atoms with Gasteiger partial charge in [0.05, 0.1) is 11.9 Å². The van der Waals surface area contributed by atoms with Gasteiger partial charge in [-0.2, -0.15) is 9.49 Å². The van der Waals surface area contributed by atoms with E-state index in [1.807, 2.05) is 13.8 Å². The lowest BCUT2D eigenvalue weighted by molar-refractivity contribution is 0.193. The highest BCUT2D eigenvalue weighted by molar-refractivity contribution is 5.66. The van der Waals surface area contributed by atoms with Gasteiger partial charge in [0.15, 0.2) is 5.65 Å². The summed E-state index contributed by atoms with van der Waals surface area (Å²) in [7, 11) is 1.79. The molecule has 4 heterocycles. The zero-order chi connectivity index (χ0) is 23.5. The Bertz CT molecular complexity index is 1280. The molecule has 0 aromatic carbocycles. The number of anilines is 2. The lowest BCUT2D eigenvalue weighted by atomic mass is 9.96. The summed E-state index contributed by atoms with van der Waals surface area (Å²) in [5.74, 6) is 0.790. The van der Waals surface area contributed by atoms with E-state index >= 15 is 4.39 Å². The van der Waals surface area contributed by atoms with E-state index in [0.29, 0.717) is 40.9 Å². The summed E-state index contributed by atoms with van der Waals surface area (Å²) < 4.78 is 18.2. The molecule has 4 rings (SSSR count). The maximum absolute atomic E-state index is 15.3. The molecule has 0 aliphatic rings. The normalized spacial score (nSPS) is 12.3. The van der Waals surface area contributed by atoms with Gasteiger partial charge in [0.1, 0.15) is 11.6 Å². The quantitative estimate of drug-likeness (QED) is 0.346. The Morgan fingerprint density at radius 1 is 1.21 bits per heavy atom. The molecule has 1 amide bonds. The summed E-state index contributed by atoms with van der Waals surface area (Å²) in [6.07, 6.45) is 2.71. The van der Waals surface area contributed by atoms with Gasteiger partial charge in [-0.05, 0) is 24.5 Å². The Balaban J connectivity index is 1.67.